The first-order valence-electron chi connectivity index (χ1n) is 5.94. The second-order valence-electron chi connectivity index (χ2n) is 4.06. The van der Waals surface area contributed by atoms with Crippen molar-refractivity contribution in [2.24, 2.45) is 5.92 Å². The lowest BCUT2D eigenvalue weighted by molar-refractivity contribution is -0.124. The van der Waals surface area contributed by atoms with Crippen molar-refractivity contribution in [2.45, 2.75) is 6.92 Å². The quantitative estimate of drug-likeness (QED) is 0.742. The number of carbonyl (C=O) groups excluding carboxylic acids is 1. The van der Waals surface area contributed by atoms with Crippen LogP contribution < -0.4 is 15.4 Å². The normalized spacial score (nSPS) is 11.9. The van der Waals surface area contributed by atoms with Gasteiger partial charge < -0.3 is 15.4 Å². The first kappa shape index (κ1) is 14.8. The highest BCUT2D eigenvalue weighted by Gasteiger charge is 2.10. The predicted molar refractivity (Wildman–Crippen MR) is 73.0 cm³/mol. The van der Waals surface area contributed by atoms with E-state index in [1.807, 2.05) is 26.1 Å². The van der Waals surface area contributed by atoms with Gasteiger partial charge in [-0.05, 0) is 25.2 Å². The highest BCUT2D eigenvalue weighted by Crippen LogP contribution is 2.16. The van der Waals surface area contributed by atoms with Crippen LogP contribution in [0.15, 0.2) is 24.3 Å². The van der Waals surface area contributed by atoms with Gasteiger partial charge in [0.15, 0.2) is 0 Å². The van der Waals surface area contributed by atoms with Crippen molar-refractivity contribution >= 4 is 17.5 Å². The molecule has 1 aromatic carbocycles. The summed E-state index contributed by atoms with van der Waals surface area (Å²) in [6, 6.07) is 7.19. The van der Waals surface area contributed by atoms with Crippen molar-refractivity contribution in [3.05, 3.63) is 29.3 Å². The van der Waals surface area contributed by atoms with E-state index in [4.69, 9.17) is 16.3 Å². The molecule has 1 amide bonds. The van der Waals surface area contributed by atoms with Crippen molar-refractivity contribution in [3.8, 4) is 5.75 Å². The summed E-state index contributed by atoms with van der Waals surface area (Å²) in [5.41, 5.74) is 0. The van der Waals surface area contributed by atoms with Crippen molar-refractivity contribution < 1.29 is 9.53 Å². The maximum atomic E-state index is 11.6. The van der Waals surface area contributed by atoms with Gasteiger partial charge in [0.2, 0.25) is 5.91 Å². The van der Waals surface area contributed by atoms with Crippen LogP contribution in [0.25, 0.3) is 0 Å². The number of benzene rings is 1. The summed E-state index contributed by atoms with van der Waals surface area (Å²) in [5.74, 6) is 0.695. The molecule has 0 aromatic heterocycles. The molecule has 0 bridgehead atoms. The molecule has 1 aromatic rings. The molecule has 0 radical (unpaired) electrons. The van der Waals surface area contributed by atoms with Crippen LogP contribution in [0.1, 0.15) is 6.92 Å². The first-order chi connectivity index (χ1) is 8.63. The summed E-state index contributed by atoms with van der Waals surface area (Å²) in [4.78, 5) is 11.6. The Morgan fingerprint density at radius 1 is 1.50 bits per heavy atom. The number of nitrogens with one attached hydrogen (secondary N) is 2. The minimum Gasteiger partial charge on any atom is -0.492 e. The molecule has 0 saturated heterocycles. The SMILES string of the molecule is CNCC(C)C(=O)NCCOc1cccc(Cl)c1. The van der Waals surface area contributed by atoms with Crippen LogP contribution in [-0.2, 0) is 4.79 Å². The molecule has 1 atom stereocenters. The molecule has 1 unspecified atom stereocenters. The third-order valence-electron chi connectivity index (χ3n) is 2.42. The maximum Gasteiger partial charge on any atom is 0.224 e. The van der Waals surface area contributed by atoms with Gasteiger partial charge in [0.05, 0.1) is 6.54 Å². The van der Waals surface area contributed by atoms with Crippen LogP contribution >= 0.6 is 11.6 Å². The zero-order chi connectivity index (χ0) is 13.4. The van der Waals surface area contributed by atoms with E-state index in [1.54, 1.807) is 12.1 Å². The number of rotatable bonds is 7. The Kier molecular flexibility index (Phi) is 6.54. The Morgan fingerprint density at radius 2 is 2.28 bits per heavy atom. The molecule has 18 heavy (non-hydrogen) atoms. The molecule has 0 aliphatic rings. The number of amides is 1. The monoisotopic (exact) mass is 270 g/mol. The van der Waals surface area contributed by atoms with Gasteiger partial charge in [0, 0.05) is 17.5 Å². The second-order valence-corrected chi connectivity index (χ2v) is 4.49. The molecule has 0 aliphatic carbocycles. The lowest BCUT2D eigenvalue weighted by Gasteiger charge is -2.12. The Balaban J connectivity index is 2.21. The molecule has 5 heteroatoms. The van der Waals surface area contributed by atoms with Crippen LogP contribution in [0.3, 0.4) is 0 Å². The molecular weight excluding hydrogens is 252 g/mol. The summed E-state index contributed by atoms with van der Waals surface area (Å²) in [6.45, 7) is 3.46. The molecule has 0 heterocycles. The van der Waals surface area contributed by atoms with E-state index in [0.29, 0.717) is 30.5 Å². The Morgan fingerprint density at radius 3 is 2.94 bits per heavy atom. The second kappa shape index (κ2) is 7.95. The minimum atomic E-state index is -0.0406. The molecule has 0 aliphatic heterocycles. The molecule has 1 rings (SSSR count). The molecule has 100 valence electrons. The number of hydrogen-bond donors (Lipinski definition) is 2. The van der Waals surface area contributed by atoms with Gasteiger partial charge in [0.25, 0.3) is 0 Å². The van der Waals surface area contributed by atoms with E-state index < -0.39 is 0 Å². The van der Waals surface area contributed by atoms with Gasteiger partial charge in [-0.2, -0.15) is 0 Å². The third-order valence-corrected chi connectivity index (χ3v) is 2.66. The van der Waals surface area contributed by atoms with Gasteiger partial charge in [-0.15, -0.1) is 0 Å². The zero-order valence-corrected chi connectivity index (χ0v) is 11.5. The van der Waals surface area contributed by atoms with E-state index in [9.17, 15) is 4.79 Å². The smallest absolute Gasteiger partial charge is 0.224 e. The molecule has 0 spiro atoms. The molecule has 0 saturated carbocycles. The summed E-state index contributed by atoms with van der Waals surface area (Å²) in [7, 11) is 1.83. The van der Waals surface area contributed by atoms with Crippen LogP contribution in [0, 0.1) is 5.92 Å². The van der Waals surface area contributed by atoms with E-state index in [0.717, 1.165) is 0 Å². The fourth-order valence-corrected chi connectivity index (χ4v) is 1.65. The topological polar surface area (TPSA) is 50.4 Å². The average molecular weight is 271 g/mol. The lowest BCUT2D eigenvalue weighted by Crippen LogP contribution is -2.36. The summed E-state index contributed by atoms with van der Waals surface area (Å²) in [6.07, 6.45) is 0. The van der Waals surface area contributed by atoms with Gasteiger partial charge >= 0.3 is 0 Å². The number of ether oxygens (including phenoxy) is 1. The van der Waals surface area contributed by atoms with Gasteiger partial charge in [0.1, 0.15) is 12.4 Å². The predicted octanol–water partition coefficient (Wildman–Crippen LogP) is 1.69. The summed E-state index contributed by atoms with van der Waals surface area (Å²) >= 11 is 5.83. The Bertz CT molecular complexity index is 385. The minimum absolute atomic E-state index is 0.0269. The highest BCUT2D eigenvalue weighted by atomic mass is 35.5. The molecule has 4 nitrogen and oxygen atoms in total. The summed E-state index contributed by atoms with van der Waals surface area (Å²) in [5, 5.41) is 6.42. The Labute approximate surface area is 113 Å². The fourth-order valence-electron chi connectivity index (χ4n) is 1.47. The van der Waals surface area contributed by atoms with E-state index >= 15 is 0 Å². The standard InChI is InChI=1S/C13H19ClN2O2/c1-10(9-15-2)13(17)16-6-7-18-12-5-3-4-11(14)8-12/h3-5,8,10,15H,6-7,9H2,1-2H3,(H,16,17). The van der Waals surface area contributed by atoms with Gasteiger partial charge in [-0.1, -0.05) is 24.6 Å². The number of carbonyl (C=O) groups is 1. The zero-order valence-electron chi connectivity index (χ0n) is 10.7. The van der Waals surface area contributed by atoms with Crippen molar-refractivity contribution in [2.75, 3.05) is 26.7 Å². The molecule has 0 fully saturated rings. The van der Waals surface area contributed by atoms with Gasteiger partial charge in [-0.25, -0.2) is 0 Å². The largest absolute Gasteiger partial charge is 0.492 e. The highest BCUT2D eigenvalue weighted by molar-refractivity contribution is 6.30. The average Bonchev–Trinajstić information content (AvgIpc) is 2.35. The first-order valence-corrected chi connectivity index (χ1v) is 6.32. The molecule has 2 N–H and O–H groups in total. The Hall–Kier alpha value is -1.26. The fraction of sp³-hybridized carbons (Fsp3) is 0.462. The van der Waals surface area contributed by atoms with E-state index in [-0.39, 0.29) is 11.8 Å². The van der Waals surface area contributed by atoms with Crippen molar-refractivity contribution in [1.29, 1.82) is 0 Å². The number of hydrogen-bond acceptors (Lipinski definition) is 3. The van der Waals surface area contributed by atoms with Crippen molar-refractivity contribution in [1.82, 2.24) is 10.6 Å². The van der Waals surface area contributed by atoms with Crippen LogP contribution in [0.5, 0.6) is 5.75 Å². The third kappa shape index (κ3) is 5.38. The number of halogens is 1. The van der Waals surface area contributed by atoms with Gasteiger partial charge in [-0.3, -0.25) is 4.79 Å². The van der Waals surface area contributed by atoms with Crippen molar-refractivity contribution in [3.63, 3.8) is 0 Å². The van der Waals surface area contributed by atoms with Crippen LogP contribution in [0.4, 0.5) is 0 Å². The van der Waals surface area contributed by atoms with Crippen LogP contribution in [-0.4, -0.2) is 32.7 Å². The van der Waals surface area contributed by atoms with E-state index in [2.05, 4.69) is 10.6 Å². The van der Waals surface area contributed by atoms with E-state index in [1.165, 1.54) is 0 Å². The maximum absolute atomic E-state index is 11.6. The van der Waals surface area contributed by atoms with Crippen LogP contribution in [0.2, 0.25) is 5.02 Å². The summed E-state index contributed by atoms with van der Waals surface area (Å²) < 4.78 is 5.46. The lowest BCUT2D eigenvalue weighted by atomic mass is 10.1. The molecular formula is C13H19ClN2O2.